The van der Waals surface area contributed by atoms with Gasteiger partial charge in [0.2, 0.25) is 0 Å². The Balaban J connectivity index is 2.25. The first-order valence-corrected chi connectivity index (χ1v) is 7.50. The number of hydrogen-bond acceptors (Lipinski definition) is 2. The van der Waals surface area contributed by atoms with Crippen LogP contribution in [-0.2, 0) is 4.79 Å². The molecule has 2 nitrogen and oxygen atoms in total. The van der Waals surface area contributed by atoms with E-state index in [9.17, 15) is 9.59 Å². The van der Waals surface area contributed by atoms with Gasteiger partial charge in [-0.1, -0.05) is 0 Å². The third-order valence-corrected chi connectivity index (χ3v) is 4.65. The second-order valence-corrected chi connectivity index (χ2v) is 6.12. The molecule has 0 aliphatic rings. The van der Waals surface area contributed by atoms with E-state index in [-0.39, 0.29) is 20.7 Å². The number of Topliss-reactive ketones (excluding diaryl/α,β-unsaturated/α-hetero) is 1. The molecule has 0 N–H and O–H groups in total. The van der Waals surface area contributed by atoms with Crippen molar-refractivity contribution in [2.75, 3.05) is 0 Å². The quantitative estimate of drug-likeness (QED) is 0.366. The summed E-state index contributed by atoms with van der Waals surface area (Å²) in [6.07, 6.45) is 2.06. The van der Waals surface area contributed by atoms with Crippen LogP contribution in [0, 0.1) is 0 Å². The van der Waals surface area contributed by atoms with Crippen LogP contribution in [0.3, 0.4) is 0 Å². The fraction of sp³-hybridized carbons (Fsp3) is 0. The molecule has 0 spiro atoms. The molecular weight excluding hydrogens is 303 g/mol. The van der Waals surface area contributed by atoms with Gasteiger partial charge in [-0.25, -0.2) is 0 Å². The number of hydrogen-bond donors (Lipinski definition) is 0. The fourth-order valence-corrected chi connectivity index (χ4v) is 3.41. The van der Waals surface area contributed by atoms with Gasteiger partial charge in [0.15, 0.2) is 0 Å². The molecule has 0 saturated heterocycles. The monoisotopic (exact) mass is 316 g/mol. The Kier molecular flexibility index (Phi) is 4.85. The number of carbonyl (C=O) groups is 2. The van der Waals surface area contributed by atoms with Crippen molar-refractivity contribution < 1.29 is 9.59 Å². The summed E-state index contributed by atoms with van der Waals surface area (Å²) in [5.74, 6) is -0.0726. The summed E-state index contributed by atoms with van der Waals surface area (Å²) in [4.78, 5) is 23.1. The summed E-state index contributed by atoms with van der Waals surface area (Å²) in [5.41, 5.74) is 0.619. The van der Waals surface area contributed by atoms with Crippen molar-refractivity contribution in [2.45, 2.75) is 0 Å². The first kappa shape index (κ1) is 13.5. The van der Waals surface area contributed by atoms with Gasteiger partial charge in [-0.2, -0.15) is 0 Å². The minimum atomic E-state index is -0.158. The molecule has 0 atom stereocenters. The van der Waals surface area contributed by atoms with Crippen LogP contribution in [0.2, 0.25) is 0 Å². The standard InChI is InChI=1S/C16H12O2Se/c17-12-11-15(19-14-9-5-2-6-10-14)16(18)13-7-3-1-4-8-13/h1-12H/b15-11-. The third kappa shape index (κ3) is 3.75. The predicted octanol–water partition coefficient (Wildman–Crippen LogP) is 1.98. The van der Waals surface area contributed by atoms with Gasteiger partial charge in [0.05, 0.1) is 0 Å². The molecule has 0 unspecified atom stereocenters. The van der Waals surface area contributed by atoms with Crippen LogP contribution in [0.25, 0.3) is 0 Å². The van der Waals surface area contributed by atoms with Gasteiger partial charge in [0.25, 0.3) is 0 Å². The number of allylic oxidation sites excluding steroid dienone is 2. The van der Waals surface area contributed by atoms with E-state index in [4.69, 9.17) is 0 Å². The molecule has 94 valence electrons. The average Bonchev–Trinajstić information content (AvgIpc) is 2.48. The zero-order chi connectivity index (χ0) is 13.5. The Morgan fingerprint density at radius 3 is 2.05 bits per heavy atom. The fourth-order valence-electron chi connectivity index (χ4n) is 1.57. The number of benzene rings is 2. The molecule has 0 saturated carbocycles. The molecule has 0 aliphatic carbocycles. The van der Waals surface area contributed by atoms with E-state index in [0.29, 0.717) is 16.3 Å². The first-order chi connectivity index (χ1) is 9.31. The van der Waals surface area contributed by atoms with E-state index in [2.05, 4.69) is 0 Å². The van der Waals surface area contributed by atoms with Gasteiger partial charge < -0.3 is 0 Å². The van der Waals surface area contributed by atoms with Crippen molar-refractivity contribution in [2.24, 2.45) is 0 Å². The van der Waals surface area contributed by atoms with Gasteiger partial charge >= 0.3 is 118 Å². The van der Waals surface area contributed by atoms with Gasteiger partial charge in [-0.05, 0) is 0 Å². The molecule has 0 aromatic heterocycles. The molecule has 2 aromatic carbocycles. The van der Waals surface area contributed by atoms with Crippen molar-refractivity contribution in [1.29, 1.82) is 0 Å². The zero-order valence-corrected chi connectivity index (χ0v) is 11.9. The van der Waals surface area contributed by atoms with Crippen LogP contribution in [0.4, 0.5) is 0 Å². The van der Waals surface area contributed by atoms with Crippen LogP contribution in [0.15, 0.2) is 71.2 Å². The predicted molar refractivity (Wildman–Crippen MR) is 76.7 cm³/mol. The molecule has 0 amide bonds. The number of ketones is 1. The summed E-state index contributed by atoms with van der Waals surface area (Å²) in [6, 6.07) is 18.8. The molecule has 0 heterocycles. The van der Waals surface area contributed by atoms with Crippen molar-refractivity contribution in [3.05, 3.63) is 76.8 Å². The van der Waals surface area contributed by atoms with E-state index >= 15 is 0 Å². The van der Waals surface area contributed by atoms with Gasteiger partial charge in [-0.15, -0.1) is 0 Å². The topological polar surface area (TPSA) is 34.1 Å². The van der Waals surface area contributed by atoms with Crippen LogP contribution in [0.1, 0.15) is 10.4 Å². The summed E-state index contributed by atoms with van der Waals surface area (Å²) in [5, 5.41) is 0. The number of carbonyl (C=O) groups excluding carboxylic acids is 2. The summed E-state index contributed by atoms with van der Waals surface area (Å²) in [6.45, 7) is 0. The first-order valence-electron chi connectivity index (χ1n) is 5.79. The molecule has 0 aliphatic heterocycles. The van der Waals surface area contributed by atoms with E-state index < -0.39 is 0 Å². The van der Waals surface area contributed by atoms with Crippen LogP contribution in [-0.4, -0.2) is 27.0 Å². The summed E-state index contributed by atoms with van der Waals surface area (Å²) < 4.78 is 1.65. The van der Waals surface area contributed by atoms with Crippen molar-refractivity contribution in [1.82, 2.24) is 0 Å². The second-order valence-electron chi connectivity index (χ2n) is 3.78. The molecule has 3 heteroatoms. The molecule has 0 radical (unpaired) electrons. The van der Waals surface area contributed by atoms with Crippen molar-refractivity contribution >= 4 is 31.5 Å². The maximum absolute atomic E-state index is 12.3. The van der Waals surface area contributed by atoms with Crippen molar-refractivity contribution in [3.63, 3.8) is 0 Å². The zero-order valence-electron chi connectivity index (χ0n) is 10.2. The van der Waals surface area contributed by atoms with E-state index in [1.807, 2.05) is 48.5 Å². The molecule has 2 aromatic rings. The van der Waals surface area contributed by atoms with Crippen LogP contribution < -0.4 is 4.46 Å². The normalized spacial score (nSPS) is 11.1. The van der Waals surface area contributed by atoms with Crippen LogP contribution in [0.5, 0.6) is 0 Å². The molecule has 0 fully saturated rings. The van der Waals surface area contributed by atoms with E-state index in [1.165, 1.54) is 6.08 Å². The second kappa shape index (κ2) is 6.83. The Morgan fingerprint density at radius 2 is 1.47 bits per heavy atom. The van der Waals surface area contributed by atoms with Gasteiger partial charge in [0, 0.05) is 0 Å². The SMILES string of the molecule is O=C/C=C(\[Se]c1ccccc1)C(=O)c1ccccc1. The Bertz CT molecular complexity index is 589. The van der Waals surface area contributed by atoms with Gasteiger partial charge in [-0.3, -0.25) is 0 Å². The average molecular weight is 315 g/mol. The number of aldehydes is 1. The van der Waals surface area contributed by atoms with E-state index in [1.54, 1.807) is 12.1 Å². The maximum atomic E-state index is 12.3. The molecule has 2 rings (SSSR count). The summed E-state index contributed by atoms with van der Waals surface area (Å²) >= 11 is -0.158. The Hall–Kier alpha value is -1.96. The van der Waals surface area contributed by atoms with E-state index in [0.717, 1.165) is 4.46 Å². The Labute approximate surface area is 118 Å². The summed E-state index contributed by atoms with van der Waals surface area (Å²) in [7, 11) is 0. The molecule has 0 bridgehead atoms. The third-order valence-electron chi connectivity index (χ3n) is 2.45. The van der Waals surface area contributed by atoms with Crippen LogP contribution >= 0.6 is 0 Å². The Morgan fingerprint density at radius 1 is 0.895 bits per heavy atom. The number of rotatable bonds is 5. The molecule has 19 heavy (non-hydrogen) atoms. The van der Waals surface area contributed by atoms with Gasteiger partial charge in [0.1, 0.15) is 0 Å². The minimum absolute atomic E-state index is 0.0726. The van der Waals surface area contributed by atoms with Crippen molar-refractivity contribution in [3.8, 4) is 0 Å². The molecular formula is C16H12O2Se.